The van der Waals surface area contributed by atoms with Crippen molar-refractivity contribution in [3.63, 3.8) is 0 Å². The molecule has 194 valence electrons. The second kappa shape index (κ2) is 9.42. The first-order chi connectivity index (χ1) is 18.4. The predicted molar refractivity (Wildman–Crippen MR) is 148 cm³/mol. The summed E-state index contributed by atoms with van der Waals surface area (Å²) in [5.41, 5.74) is 11.4. The van der Waals surface area contributed by atoms with E-state index in [1.165, 1.54) is 0 Å². The standard InChI is InChI=1S/C27H30N10O/c1-15(16(2)25-26(29-3)21(38)4-6-31-25)20-10-17-11-22(32-13-19(17)27(28)33-20)34-23-12-18-5-8-36-9-7-30-24(36)14-37(18)35-23/h7,9-13,21,31,38H,3-6,8,14H2,1-2H3,(H2,28,33)(H,32,34,35)/b16-15+/t21-/m0/s1. The lowest BCUT2D eigenvalue weighted by Gasteiger charge is -2.25. The molecule has 38 heavy (non-hydrogen) atoms. The maximum Gasteiger partial charge on any atom is 0.153 e. The van der Waals surface area contributed by atoms with Crippen LogP contribution in [0.15, 0.2) is 58.7 Å². The molecular formula is C27H30N10O. The summed E-state index contributed by atoms with van der Waals surface area (Å²) >= 11 is 0. The number of aliphatic hydroxyl groups excluding tert-OH is 1. The normalized spacial score (nSPS) is 17.8. The number of aromatic nitrogens is 6. The third kappa shape index (κ3) is 4.20. The van der Waals surface area contributed by atoms with Gasteiger partial charge in [-0.15, -0.1) is 0 Å². The molecular weight excluding hydrogens is 480 g/mol. The number of aliphatic imine (C=N–C) groups is 1. The molecule has 1 atom stereocenters. The fourth-order valence-electron chi connectivity index (χ4n) is 5.10. The fourth-order valence-corrected chi connectivity index (χ4v) is 5.10. The van der Waals surface area contributed by atoms with E-state index in [0.29, 0.717) is 36.8 Å². The molecule has 11 heteroatoms. The smallest absolute Gasteiger partial charge is 0.153 e. The van der Waals surface area contributed by atoms with Crippen molar-refractivity contribution < 1.29 is 5.11 Å². The van der Waals surface area contributed by atoms with Crippen molar-refractivity contribution in [2.75, 3.05) is 17.6 Å². The zero-order valence-electron chi connectivity index (χ0n) is 21.4. The van der Waals surface area contributed by atoms with E-state index >= 15 is 0 Å². The Hall–Kier alpha value is -4.51. The number of nitrogens with one attached hydrogen (secondary N) is 2. The Balaban J connectivity index is 1.32. The molecule has 6 heterocycles. The van der Waals surface area contributed by atoms with Crippen LogP contribution in [0, 0.1) is 0 Å². The molecule has 0 unspecified atom stereocenters. The summed E-state index contributed by atoms with van der Waals surface area (Å²) in [4.78, 5) is 17.7. The lowest BCUT2D eigenvalue weighted by atomic mass is 9.97. The summed E-state index contributed by atoms with van der Waals surface area (Å²) in [5, 5.41) is 23.5. The van der Waals surface area contributed by atoms with E-state index in [1.54, 1.807) is 6.20 Å². The third-order valence-corrected chi connectivity index (χ3v) is 7.35. The van der Waals surface area contributed by atoms with Crippen LogP contribution in [0.5, 0.6) is 0 Å². The number of pyridine rings is 2. The second-order valence-corrected chi connectivity index (χ2v) is 9.67. The number of hydrogen-bond acceptors (Lipinski definition) is 9. The summed E-state index contributed by atoms with van der Waals surface area (Å²) in [6.45, 7) is 9.79. The van der Waals surface area contributed by atoms with Crippen LogP contribution < -0.4 is 16.4 Å². The van der Waals surface area contributed by atoms with E-state index in [-0.39, 0.29) is 0 Å². The molecule has 4 aromatic heterocycles. The molecule has 2 aliphatic heterocycles. The zero-order valence-corrected chi connectivity index (χ0v) is 21.4. The van der Waals surface area contributed by atoms with Crippen molar-refractivity contribution in [3.8, 4) is 0 Å². The molecule has 0 fully saturated rings. The molecule has 2 aliphatic rings. The Morgan fingerprint density at radius 3 is 2.92 bits per heavy atom. The fraction of sp³-hybridized carbons (Fsp3) is 0.296. The number of imidazole rings is 1. The van der Waals surface area contributed by atoms with Gasteiger partial charge in [-0.1, -0.05) is 0 Å². The number of nitrogen functional groups attached to an aromatic ring is 1. The van der Waals surface area contributed by atoms with Gasteiger partial charge in [0.25, 0.3) is 0 Å². The molecule has 11 nitrogen and oxygen atoms in total. The van der Waals surface area contributed by atoms with Crippen molar-refractivity contribution in [3.05, 3.63) is 71.0 Å². The molecule has 0 bridgehead atoms. The Morgan fingerprint density at radius 1 is 1.21 bits per heavy atom. The van der Waals surface area contributed by atoms with Crippen molar-refractivity contribution in [2.45, 2.75) is 45.9 Å². The SMILES string of the molecule is C=NC1=C(/C(C)=C(\C)c2cc3cc(Nc4cc5n(n4)Cc4nccn4CC5)ncc3c(N)n2)NCC[C@@H]1O. The average Bonchev–Trinajstić information content (AvgIpc) is 3.48. The maximum atomic E-state index is 10.4. The van der Waals surface area contributed by atoms with Gasteiger partial charge in [0.15, 0.2) is 5.82 Å². The highest BCUT2D eigenvalue weighted by Gasteiger charge is 2.22. The Labute approximate surface area is 219 Å². The van der Waals surface area contributed by atoms with Crippen molar-refractivity contribution in [1.82, 2.24) is 34.6 Å². The minimum absolute atomic E-state index is 0.403. The first-order valence-electron chi connectivity index (χ1n) is 12.6. The Bertz CT molecular complexity index is 1630. The van der Waals surface area contributed by atoms with Crippen LogP contribution in [0.25, 0.3) is 16.3 Å². The van der Waals surface area contributed by atoms with Crippen LogP contribution in [0.4, 0.5) is 17.5 Å². The second-order valence-electron chi connectivity index (χ2n) is 9.67. The average molecular weight is 511 g/mol. The lowest BCUT2D eigenvalue weighted by Crippen LogP contribution is -2.30. The monoisotopic (exact) mass is 510 g/mol. The van der Waals surface area contributed by atoms with Gasteiger partial charge in [-0.25, -0.2) is 15.0 Å². The van der Waals surface area contributed by atoms with Crippen LogP contribution in [0.3, 0.4) is 0 Å². The number of nitrogens with zero attached hydrogens (tertiary/aromatic N) is 7. The molecule has 0 amide bonds. The van der Waals surface area contributed by atoms with Crippen LogP contribution in [0.1, 0.15) is 37.5 Å². The molecule has 0 saturated heterocycles. The number of aliphatic hydroxyl groups is 1. The predicted octanol–water partition coefficient (Wildman–Crippen LogP) is 3.01. The Morgan fingerprint density at radius 2 is 2.08 bits per heavy atom. The van der Waals surface area contributed by atoms with Crippen molar-refractivity contribution in [1.29, 1.82) is 0 Å². The van der Waals surface area contributed by atoms with Crippen LogP contribution >= 0.6 is 0 Å². The number of nitrogens with two attached hydrogens (primary N) is 1. The molecule has 0 spiro atoms. The van der Waals surface area contributed by atoms with Crippen molar-refractivity contribution >= 4 is 40.5 Å². The van der Waals surface area contributed by atoms with Gasteiger partial charge in [0.05, 0.1) is 29.7 Å². The van der Waals surface area contributed by atoms with Crippen LogP contribution in [0.2, 0.25) is 0 Å². The number of allylic oxidation sites excluding steroid dienone is 2. The van der Waals surface area contributed by atoms with E-state index in [9.17, 15) is 5.11 Å². The lowest BCUT2D eigenvalue weighted by molar-refractivity contribution is 0.190. The summed E-state index contributed by atoms with van der Waals surface area (Å²) < 4.78 is 4.15. The van der Waals surface area contributed by atoms with Gasteiger partial charge in [-0.3, -0.25) is 9.67 Å². The molecule has 4 aromatic rings. The van der Waals surface area contributed by atoms with Gasteiger partial charge in [-0.2, -0.15) is 5.10 Å². The largest absolute Gasteiger partial charge is 0.387 e. The highest BCUT2D eigenvalue weighted by atomic mass is 16.3. The number of fused-ring (bicyclic) bond motifs is 3. The highest BCUT2D eigenvalue weighted by molar-refractivity contribution is 5.94. The van der Waals surface area contributed by atoms with E-state index in [1.807, 2.05) is 43.1 Å². The Kier molecular flexibility index (Phi) is 5.91. The summed E-state index contributed by atoms with van der Waals surface area (Å²) in [6, 6.07) is 6.02. The molecule has 6 rings (SSSR count). The number of rotatable bonds is 5. The van der Waals surface area contributed by atoms with Crippen molar-refractivity contribution in [2.24, 2.45) is 4.99 Å². The number of aryl methyl sites for hydroxylation is 2. The summed E-state index contributed by atoms with van der Waals surface area (Å²) in [5.74, 6) is 2.81. The van der Waals surface area contributed by atoms with Gasteiger partial charge in [0.2, 0.25) is 0 Å². The molecule has 0 aromatic carbocycles. The first-order valence-corrected chi connectivity index (χ1v) is 12.6. The van der Waals surface area contributed by atoms with Gasteiger partial charge in [-0.05, 0) is 55.7 Å². The zero-order chi connectivity index (χ0) is 26.4. The first kappa shape index (κ1) is 23.9. The minimum atomic E-state index is -0.638. The topological polar surface area (TPSA) is 144 Å². The van der Waals surface area contributed by atoms with Crippen LogP contribution in [-0.2, 0) is 19.5 Å². The van der Waals surface area contributed by atoms with Gasteiger partial charge in [0.1, 0.15) is 17.5 Å². The number of hydrogen-bond donors (Lipinski definition) is 4. The number of anilines is 3. The molecule has 0 radical (unpaired) electrons. The summed E-state index contributed by atoms with van der Waals surface area (Å²) in [7, 11) is 0. The van der Waals surface area contributed by atoms with Gasteiger partial charge < -0.3 is 26.0 Å². The molecule has 5 N–H and O–H groups in total. The molecule has 0 aliphatic carbocycles. The van der Waals surface area contributed by atoms with E-state index in [2.05, 4.69) is 47.9 Å². The van der Waals surface area contributed by atoms with E-state index in [0.717, 1.165) is 63.6 Å². The van der Waals surface area contributed by atoms with Crippen LogP contribution in [-0.4, -0.2) is 53.8 Å². The highest BCUT2D eigenvalue weighted by Crippen LogP contribution is 2.31. The van der Waals surface area contributed by atoms with E-state index in [4.69, 9.17) is 10.8 Å². The van der Waals surface area contributed by atoms with Gasteiger partial charge in [0, 0.05) is 55.2 Å². The third-order valence-electron chi connectivity index (χ3n) is 7.35. The van der Waals surface area contributed by atoms with Gasteiger partial charge >= 0.3 is 0 Å². The quantitative estimate of drug-likeness (QED) is 0.300. The summed E-state index contributed by atoms with van der Waals surface area (Å²) in [6.07, 6.45) is 6.41. The maximum absolute atomic E-state index is 10.4. The molecule has 0 saturated carbocycles. The minimum Gasteiger partial charge on any atom is -0.387 e. The van der Waals surface area contributed by atoms with E-state index < -0.39 is 6.10 Å².